The molecule has 0 unspecified atom stereocenters. The molecule has 0 fully saturated rings. The molecule has 156 valence electrons. The van der Waals surface area contributed by atoms with E-state index in [4.69, 9.17) is 0 Å². The van der Waals surface area contributed by atoms with E-state index in [9.17, 15) is 18.0 Å². The molecule has 0 saturated carbocycles. The molecule has 0 aliphatic rings. The monoisotopic (exact) mass is 481 g/mol. The summed E-state index contributed by atoms with van der Waals surface area (Å²) in [7, 11) is -3.90. The van der Waals surface area contributed by atoms with E-state index in [1.165, 1.54) is 24.3 Å². The maximum Gasteiger partial charge on any atom is 0.261 e. The maximum absolute atomic E-state index is 12.7. The Labute approximate surface area is 179 Å². The highest BCUT2D eigenvalue weighted by atomic mass is 79.9. The zero-order valence-corrected chi connectivity index (χ0v) is 18.9. The Balaban J connectivity index is 2.16. The topological polar surface area (TPSA) is 95.6 Å². The van der Waals surface area contributed by atoms with Gasteiger partial charge in [0.25, 0.3) is 15.9 Å². The van der Waals surface area contributed by atoms with Crippen LogP contribution in [0.25, 0.3) is 0 Å². The van der Waals surface area contributed by atoms with E-state index >= 15 is 0 Å². The first-order chi connectivity index (χ1) is 13.7. The van der Waals surface area contributed by atoms with Crippen LogP contribution in [0, 0.1) is 6.92 Å². The quantitative estimate of drug-likeness (QED) is 0.605. The third-order valence-electron chi connectivity index (χ3n) is 4.29. The Morgan fingerprint density at radius 3 is 2.41 bits per heavy atom. The normalized spacial score (nSPS) is 11.0. The van der Waals surface area contributed by atoms with Crippen molar-refractivity contribution in [2.75, 3.05) is 24.4 Å². The van der Waals surface area contributed by atoms with E-state index in [0.29, 0.717) is 23.2 Å². The minimum atomic E-state index is -3.90. The second kappa shape index (κ2) is 9.89. The lowest BCUT2D eigenvalue weighted by molar-refractivity contribution is -0.129. The van der Waals surface area contributed by atoms with E-state index in [1.807, 2.05) is 26.8 Å². The van der Waals surface area contributed by atoms with Gasteiger partial charge in [0.1, 0.15) is 0 Å². The summed E-state index contributed by atoms with van der Waals surface area (Å²) in [4.78, 5) is 26.0. The third kappa shape index (κ3) is 6.04. The van der Waals surface area contributed by atoms with Crippen molar-refractivity contribution in [3.63, 3.8) is 0 Å². The Bertz CT molecular complexity index is 1000. The molecule has 0 atom stereocenters. The van der Waals surface area contributed by atoms with Gasteiger partial charge in [-0.3, -0.25) is 14.3 Å². The highest BCUT2D eigenvalue weighted by molar-refractivity contribution is 9.10. The van der Waals surface area contributed by atoms with Crippen LogP contribution in [0.15, 0.2) is 51.8 Å². The smallest absolute Gasteiger partial charge is 0.261 e. The number of carbonyl (C=O) groups is 2. The molecule has 0 heterocycles. The molecule has 2 amide bonds. The zero-order valence-electron chi connectivity index (χ0n) is 16.5. The Kier molecular flexibility index (Phi) is 7.80. The lowest BCUT2D eigenvalue weighted by atomic mass is 10.2. The molecule has 0 bridgehead atoms. The van der Waals surface area contributed by atoms with Crippen LogP contribution in [0.3, 0.4) is 0 Å². The van der Waals surface area contributed by atoms with E-state index < -0.39 is 15.9 Å². The molecule has 0 saturated heterocycles. The number of carbonyl (C=O) groups excluding carboxylic acids is 2. The molecule has 7 nitrogen and oxygen atoms in total. The van der Waals surface area contributed by atoms with Gasteiger partial charge in [-0.15, -0.1) is 0 Å². The van der Waals surface area contributed by atoms with Crippen molar-refractivity contribution in [3.05, 3.63) is 58.1 Å². The highest BCUT2D eigenvalue weighted by Crippen LogP contribution is 2.26. The van der Waals surface area contributed by atoms with Crippen LogP contribution in [0.4, 0.5) is 5.69 Å². The van der Waals surface area contributed by atoms with Crippen molar-refractivity contribution in [2.45, 2.75) is 25.7 Å². The van der Waals surface area contributed by atoms with Crippen LogP contribution in [0.5, 0.6) is 0 Å². The van der Waals surface area contributed by atoms with Crippen LogP contribution in [-0.2, 0) is 14.8 Å². The predicted molar refractivity (Wildman–Crippen MR) is 116 cm³/mol. The summed E-state index contributed by atoms with van der Waals surface area (Å²) in [6.07, 6.45) is 0. The average Bonchev–Trinajstić information content (AvgIpc) is 2.69. The molecule has 0 aromatic heterocycles. The van der Waals surface area contributed by atoms with Gasteiger partial charge in [0.15, 0.2) is 0 Å². The second-order valence-electron chi connectivity index (χ2n) is 6.37. The summed E-state index contributed by atoms with van der Waals surface area (Å²) < 4.78 is 28.6. The van der Waals surface area contributed by atoms with Crippen LogP contribution in [-0.4, -0.2) is 44.8 Å². The zero-order chi connectivity index (χ0) is 21.6. The SMILES string of the molecule is CCN(CC)C(=O)CNC(=O)c1cccc(S(=O)(=O)Nc2cc(C)ccc2Br)c1. The molecule has 0 radical (unpaired) electrons. The number of hydrogen-bond acceptors (Lipinski definition) is 4. The first-order valence-electron chi connectivity index (χ1n) is 9.13. The number of anilines is 1. The number of benzene rings is 2. The number of hydrogen-bond donors (Lipinski definition) is 2. The van der Waals surface area contributed by atoms with Crippen LogP contribution in [0.2, 0.25) is 0 Å². The van der Waals surface area contributed by atoms with Crippen molar-refractivity contribution in [3.8, 4) is 0 Å². The number of aryl methyl sites for hydroxylation is 1. The third-order valence-corrected chi connectivity index (χ3v) is 6.34. The molecule has 9 heteroatoms. The summed E-state index contributed by atoms with van der Waals surface area (Å²) in [6, 6.07) is 11.0. The molecule has 29 heavy (non-hydrogen) atoms. The number of rotatable bonds is 8. The van der Waals surface area contributed by atoms with Crippen molar-refractivity contribution in [2.24, 2.45) is 0 Å². The van der Waals surface area contributed by atoms with E-state index in [0.717, 1.165) is 5.56 Å². The second-order valence-corrected chi connectivity index (χ2v) is 8.90. The lowest BCUT2D eigenvalue weighted by Gasteiger charge is -2.18. The molecule has 0 aliphatic heterocycles. The molecule has 2 aromatic rings. The largest absolute Gasteiger partial charge is 0.343 e. The number of halogens is 1. The van der Waals surface area contributed by atoms with Crippen LogP contribution < -0.4 is 10.0 Å². The van der Waals surface area contributed by atoms with Gasteiger partial charge in [-0.1, -0.05) is 12.1 Å². The fourth-order valence-corrected chi connectivity index (χ4v) is 4.26. The Morgan fingerprint density at radius 2 is 1.76 bits per heavy atom. The predicted octanol–water partition coefficient (Wildman–Crippen LogP) is 3.16. The number of likely N-dealkylation sites (N-methyl/N-ethyl adjacent to an activating group) is 1. The molecule has 0 spiro atoms. The van der Waals surface area contributed by atoms with Gasteiger partial charge >= 0.3 is 0 Å². The number of sulfonamides is 1. The first kappa shape index (κ1) is 22.9. The van der Waals surface area contributed by atoms with Crippen molar-refractivity contribution >= 4 is 43.5 Å². The molecule has 0 aliphatic carbocycles. The average molecular weight is 482 g/mol. The summed E-state index contributed by atoms with van der Waals surface area (Å²) in [5.74, 6) is -0.711. The lowest BCUT2D eigenvalue weighted by Crippen LogP contribution is -2.40. The number of nitrogens with zero attached hydrogens (tertiary/aromatic N) is 1. The maximum atomic E-state index is 12.7. The van der Waals surface area contributed by atoms with Gasteiger partial charge in [-0.2, -0.15) is 0 Å². The summed E-state index contributed by atoms with van der Waals surface area (Å²) in [5, 5.41) is 2.54. The van der Waals surface area contributed by atoms with Gasteiger partial charge in [-0.05, 0) is 72.6 Å². The van der Waals surface area contributed by atoms with Gasteiger partial charge < -0.3 is 10.2 Å². The van der Waals surface area contributed by atoms with Crippen LogP contribution >= 0.6 is 15.9 Å². The Hall–Kier alpha value is -2.39. The Morgan fingerprint density at radius 1 is 1.07 bits per heavy atom. The molecular formula is C20H24BrN3O4S. The number of amides is 2. The van der Waals surface area contributed by atoms with E-state index in [2.05, 4.69) is 26.0 Å². The highest BCUT2D eigenvalue weighted by Gasteiger charge is 2.18. The van der Waals surface area contributed by atoms with Crippen molar-refractivity contribution in [1.82, 2.24) is 10.2 Å². The minimum Gasteiger partial charge on any atom is -0.343 e. The van der Waals surface area contributed by atoms with Gasteiger partial charge in [0, 0.05) is 23.1 Å². The van der Waals surface area contributed by atoms with E-state index in [-0.39, 0.29) is 22.9 Å². The van der Waals surface area contributed by atoms with Gasteiger partial charge in [0.2, 0.25) is 5.91 Å². The molecule has 2 N–H and O–H groups in total. The molecule has 2 rings (SSSR count). The van der Waals surface area contributed by atoms with Crippen LogP contribution in [0.1, 0.15) is 29.8 Å². The minimum absolute atomic E-state index is 0.0476. The van der Waals surface area contributed by atoms with Gasteiger partial charge in [0.05, 0.1) is 17.1 Å². The van der Waals surface area contributed by atoms with Gasteiger partial charge in [-0.25, -0.2) is 8.42 Å². The van der Waals surface area contributed by atoms with E-state index in [1.54, 1.807) is 17.0 Å². The van der Waals surface area contributed by atoms with Crippen molar-refractivity contribution in [1.29, 1.82) is 0 Å². The standard InChI is InChI=1S/C20H24BrN3O4S/c1-4-24(5-2)19(25)13-22-20(26)15-7-6-8-16(12-15)29(27,28)23-18-11-14(3)9-10-17(18)21/h6-12,23H,4-5,13H2,1-3H3,(H,22,26). The van der Waals surface area contributed by atoms with Crippen molar-refractivity contribution < 1.29 is 18.0 Å². The summed E-state index contributed by atoms with van der Waals surface area (Å²) in [6.45, 7) is 6.53. The first-order valence-corrected chi connectivity index (χ1v) is 11.4. The fourth-order valence-electron chi connectivity index (χ4n) is 2.67. The summed E-state index contributed by atoms with van der Waals surface area (Å²) in [5.41, 5.74) is 1.46. The fraction of sp³-hybridized carbons (Fsp3) is 0.300. The molecular weight excluding hydrogens is 458 g/mol. The number of nitrogens with one attached hydrogen (secondary N) is 2. The summed E-state index contributed by atoms with van der Waals surface area (Å²) >= 11 is 3.32. The molecule has 2 aromatic carbocycles.